The van der Waals surface area contributed by atoms with Gasteiger partial charge in [0.05, 0.1) is 31.0 Å². The van der Waals surface area contributed by atoms with E-state index in [1.807, 2.05) is 71.0 Å². The molecule has 0 fully saturated rings. The van der Waals surface area contributed by atoms with Crippen molar-refractivity contribution in [2.75, 3.05) is 20.2 Å². The second kappa shape index (κ2) is 18.9. The summed E-state index contributed by atoms with van der Waals surface area (Å²) < 4.78 is 11.2. The van der Waals surface area contributed by atoms with Crippen molar-refractivity contribution in [1.29, 1.82) is 0 Å². The topological polar surface area (TPSA) is 154 Å². The first-order valence-electron chi connectivity index (χ1n) is 16.7. The van der Waals surface area contributed by atoms with Gasteiger partial charge in [-0.1, -0.05) is 102 Å². The Hall–Kier alpha value is -4.26. The number of urea groups is 1. The molecule has 3 aromatic rings. The molecule has 3 atom stereocenters. The number of aromatic nitrogens is 1. The van der Waals surface area contributed by atoms with Crippen LogP contribution in [0.2, 0.25) is 0 Å². The average Bonchev–Trinajstić information content (AvgIpc) is 3.55. The Morgan fingerprint density at radius 1 is 1.02 bits per heavy atom. The lowest BCUT2D eigenvalue weighted by Crippen LogP contribution is -2.61. The molecule has 0 aliphatic carbocycles. The van der Waals surface area contributed by atoms with Gasteiger partial charge < -0.3 is 30.2 Å². The van der Waals surface area contributed by atoms with Gasteiger partial charge in [-0.05, 0) is 36.3 Å². The molecular formula is C36H52N6O6. The quantitative estimate of drug-likeness (QED) is 0.0951. The number of nitrogens with two attached hydrogens (primary N) is 1. The zero-order chi connectivity index (χ0) is 35.2. The van der Waals surface area contributed by atoms with Gasteiger partial charge >= 0.3 is 12.1 Å². The number of unbranched alkanes of at least 4 members (excludes halogenated alkanes) is 1. The van der Waals surface area contributed by atoms with Gasteiger partial charge in [0.2, 0.25) is 5.91 Å². The highest BCUT2D eigenvalue weighted by Gasteiger charge is 2.39. The van der Waals surface area contributed by atoms with E-state index in [2.05, 4.69) is 10.3 Å². The fourth-order valence-electron chi connectivity index (χ4n) is 4.88. The molecule has 0 saturated carbocycles. The first-order chi connectivity index (χ1) is 22.9. The smallest absolute Gasteiger partial charge is 0.433 e. The second-order valence-electron chi connectivity index (χ2n) is 12.6. The fourth-order valence-corrected chi connectivity index (χ4v) is 4.88. The van der Waals surface area contributed by atoms with E-state index in [0.29, 0.717) is 36.4 Å². The normalized spacial score (nSPS) is 13.3. The predicted molar refractivity (Wildman–Crippen MR) is 183 cm³/mol. The minimum atomic E-state index is -1.08. The van der Waals surface area contributed by atoms with Crippen molar-refractivity contribution in [3.8, 4) is 0 Å². The number of rotatable bonds is 17. The number of benzene rings is 2. The van der Waals surface area contributed by atoms with Crippen LogP contribution in [0.4, 0.5) is 9.59 Å². The third kappa shape index (κ3) is 11.2. The number of aryl methyl sites for hydroxylation is 1. The Bertz CT molecular complexity index is 1420. The number of amides is 4. The van der Waals surface area contributed by atoms with E-state index in [0.717, 1.165) is 17.0 Å². The van der Waals surface area contributed by atoms with Gasteiger partial charge in [0.25, 0.3) is 0 Å². The average molecular weight is 665 g/mol. The molecule has 0 aliphatic heterocycles. The van der Waals surface area contributed by atoms with Crippen LogP contribution in [-0.2, 0) is 22.5 Å². The van der Waals surface area contributed by atoms with Gasteiger partial charge in [-0.2, -0.15) is 10.0 Å². The van der Waals surface area contributed by atoms with Crippen LogP contribution in [0.1, 0.15) is 88.7 Å². The molecule has 2 unspecified atom stereocenters. The third-order valence-electron chi connectivity index (χ3n) is 7.84. The monoisotopic (exact) mass is 664 g/mol. The molecule has 4 amide bonds. The van der Waals surface area contributed by atoms with E-state index < -0.39 is 36.3 Å². The Morgan fingerprint density at radius 3 is 2.25 bits per heavy atom. The van der Waals surface area contributed by atoms with Gasteiger partial charge in [0.15, 0.2) is 5.89 Å². The van der Waals surface area contributed by atoms with Crippen LogP contribution in [0, 0.1) is 5.92 Å². The highest BCUT2D eigenvalue weighted by molar-refractivity contribution is 5.90. The van der Waals surface area contributed by atoms with E-state index in [-0.39, 0.29) is 31.5 Å². The summed E-state index contributed by atoms with van der Waals surface area (Å²) in [7, 11) is 1.53. The molecular weight excluding hydrogens is 612 g/mol. The molecule has 0 spiro atoms. The molecule has 12 heteroatoms. The Balaban J connectivity index is 2.07. The maximum Gasteiger partial charge on any atom is 0.433 e. The molecule has 2 aromatic carbocycles. The van der Waals surface area contributed by atoms with E-state index in [4.69, 9.17) is 14.9 Å². The van der Waals surface area contributed by atoms with Crippen LogP contribution in [0.5, 0.6) is 0 Å². The molecule has 0 radical (unpaired) electrons. The number of hydrogen-bond donors (Lipinski definition) is 3. The summed E-state index contributed by atoms with van der Waals surface area (Å²) in [6.45, 7) is 9.42. The summed E-state index contributed by atoms with van der Waals surface area (Å²) in [6.07, 6.45) is 0.671. The van der Waals surface area contributed by atoms with Crippen molar-refractivity contribution in [3.63, 3.8) is 0 Å². The molecule has 0 aliphatic rings. The number of aliphatic hydroxyl groups is 1. The summed E-state index contributed by atoms with van der Waals surface area (Å²) in [6, 6.07) is 17.0. The molecule has 1 aromatic heterocycles. The van der Waals surface area contributed by atoms with Gasteiger partial charge in [-0.15, -0.1) is 0 Å². The van der Waals surface area contributed by atoms with Crippen molar-refractivity contribution in [2.45, 2.75) is 91.1 Å². The number of aliphatic hydroxyl groups excluding tert-OH is 1. The molecule has 4 N–H and O–H groups in total. The van der Waals surface area contributed by atoms with Crippen molar-refractivity contribution in [2.24, 2.45) is 11.7 Å². The van der Waals surface area contributed by atoms with E-state index >= 15 is 0 Å². The Morgan fingerprint density at radius 2 is 1.67 bits per heavy atom. The lowest BCUT2D eigenvalue weighted by atomic mass is 10.0. The Labute approximate surface area is 284 Å². The fraction of sp³-hybridized carbons (Fsp3) is 0.500. The first kappa shape index (κ1) is 38.2. The summed E-state index contributed by atoms with van der Waals surface area (Å²) in [5.74, 6) is -0.0951. The molecule has 0 bridgehead atoms. The van der Waals surface area contributed by atoms with Crippen LogP contribution >= 0.6 is 0 Å². The zero-order valence-electron chi connectivity index (χ0n) is 29.0. The number of carbonyl (C=O) groups is 3. The molecule has 3 rings (SSSR count). The highest BCUT2D eigenvalue weighted by atomic mass is 16.6. The van der Waals surface area contributed by atoms with Crippen molar-refractivity contribution in [3.05, 3.63) is 89.6 Å². The number of ether oxygens (including phenoxy) is 1. The molecule has 1 heterocycles. The summed E-state index contributed by atoms with van der Waals surface area (Å²) in [4.78, 5) is 47.6. The van der Waals surface area contributed by atoms with E-state index in [9.17, 15) is 19.5 Å². The standard InChI is InChI=1S/C36H52N6O6/c1-7-8-21-47-36(46)42(35(45)40(6)22-29-24-48-34(38-29)26(4)5)41(23-30(43)20-19-27-15-11-9-12-16-27)32(28-17-13-10-14-18-28)39-33(44)31(37)25(2)3/h9-18,24-26,30-32,43H,7-8,19-23,37H2,1-6H3,(H,39,44)/t30-,31?,32?/m0/s1. The maximum atomic E-state index is 14.4. The third-order valence-corrected chi connectivity index (χ3v) is 7.84. The lowest BCUT2D eigenvalue weighted by Gasteiger charge is -2.41. The summed E-state index contributed by atoms with van der Waals surface area (Å²) in [5, 5.41) is 16.6. The number of nitrogens with zero attached hydrogens (tertiary/aromatic N) is 4. The molecule has 262 valence electrons. The maximum absolute atomic E-state index is 14.4. The number of oxazole rings is 1. The van der Waals surface area contributed by atoms with Gasteiger partial charge in [-0.3, -0.25) is 4.79 Å². The first-order valence-corrected chi connectivity index (χ1v) is 16.7. The minimum absolute atomic E-state index is 0.0266. The largest absolute Gasteiger partial charge is 0.448 e. The molecule has 48 heavy (non-hydrogen) atoms. The van der Waals surface area contributed by atoms with Crippen LogP contribution in [0.3, 0.4) is 0 Å². The number of nitrogens with one attached hydrogen (secondary N) is 1. The summed E-state index contributed by atoms with van der Waals surface area (Å²) in [5.41, 5.74) is 8.35. The summed E-state index contributed by atoms with van der Waals surface area (Å²) >= 11 is 0. The van der Waals surface area contributed by atoms with Crippen LogP contribution < -0.4 is 11.1 Å². The Kier molecular flexibility index (Phi) is 15.1. The predicted octanol–water partition coefficient (Wildman–Crippen LogP) is 5.60. The minimum Gasteiger partial charge on any atom is -0.448 e. The number of hydrogen-bond acceptors (Lipinski definition) is 9. The zero-order valence-corrected chi connectivity index (χ0v) is 29.0. The van der Waals surface area contributed by atoms with Gasteiger partial charge in [0.1, 0.15) is 12.4 Å². The van der Waals surface area contributed by atoms with Crippen molar-refractivity contribution >= 4 is 18.0 Å². The van der Waals surface area contributed by atoms with Crippen LogP contribution in [0.25, 0.3) is 0 Å². The van der Waals surface area contributed by atoms with E-state index in [1.54, 1.807) is 24.3 Å². The second-order valence-corrected chi connectivity index (χ2v) is 12.6. The highest BCUT2D eigenvalue weighted by Crippen LogP contribution is 2.25. The van der Waals surface area contributed by atoms with Gasteiger partial charge in [-0.25, -0.2) is 14.6 Å². The number of carbonyl (C=O) groups excluding carboxylic acids is 3. The van der Waals surface area contributed by atoms with Crippen LogP contribution in [0.15, 0.2) is 71.3 Å². The molecule has 0 saturated heterocycles. The molecule has 12 nitrogen and oxygen atoms in total. The number of imide groups is 1. The number of hydrazine groups is 1. The van der Waals surface area contributed by atoms with Crippen LogP contribution in [-0.4, -0.2) is 75.4 Å². The van der Waals surface area contributed by atoms with Gasteiger partial charge in [0, 0.05) is 19.5 Å². The van der Waals surface area contributed by atoms with E-state index in [1.165, 1.54) is 23.2 Å². The SMILES string of the molecule is CCCCOC(=O)N(C(=O)N(C)Cc1coc(C(C)C)n1)N(C[C@@H](O)CCc1ccccc1)C(NC(=O)C(N)C(C)C)c1ccccc1. The van der Waals surface area contributed by atoms with Crippen molar-refractivity contribution < 1.29 is 28.6 Å². The van der Waals surface area contributed by atoms with Crippen molar-refractivity contribution in [1.82, 2.24) is 25.2 Å². The lowest BCUT2D eigenvalue weighted by molar-refractivity contribution is -0.129.